The fourth-order valence-corrected chi connectivity index (χ4v) is 3.23. The van der Waals surface area contributed by atoms with Gasteiger partial charge in [0, 0.05) is 31.9 Å². The second-order valence-corrected chi connectivity index (χ2v) is 6.94. The molecule has 1 aliphatic rings. The van der Waals surface area contributed by atoms with Gasteiger partial charge in [-0.25, -0.2) is 0 Å². The Labute approximate surface area is 164 Å². The normalized spacial score (nSPS) is 14.6. The van der Waals surface area contributed by atoms with Gasteiger partial charge in [0.15, 0.2) is 0 Å². The molecular formula is C20H20F3N3O3. The summed E-state index contributed by atoms with van der Waals surface area (Å²) >= 11 is 0. The number of hydrogen-bond donors (Lipinski definition) is 1. The van der Waals surface area contributed by atoms with Crippen molar-refractivity contribution in [2.45, 2.75) is 25.4 Å². The topological polar surface area (TPSA) is 71.4 Å². The molecule has 9 heteroatoms. The molecule has 1 aromatic carbocycles. The van der Waals surface area contributed by atoms with Crippen LogP contribution in [0.2, 0.25) is 0 Å². The van der Waals surface area contributed by atoms with Crippen molar-refractivity contribution >= 4 is 17.5 Å². The third kappa shape index (κ3) is 4.67. The zero-order valence-electron chi connectivity index (χ0n) is 15.8. The molecule has 2 heterocycles. The Morgan fingerprint density at radius 3 is 2.38 bits per heavy atom. The molecule has 2 amide bonds. The van der Waals surface area contributed by atoms with E-state index in [1.54, 1.807) is 4.90 Å². The third-order valence-corrected chi connectivity index (χ3v) is 4.77. The van der Waals surface area contributed by atoms with Crippen LogP contribution >= 0.6 is 0 Å². The highest BCUT2D eigenvalue weighted by molar-refractivity contribution is 6.05. The molecule has 1 aromatic heterocycles. The number of alkyl halides is 3. The highest BCUT2D eigenvalue weighted by Gasteiger charge is 2.31. The number of pyridine rings is 1. The van der Waals surface area contributed by atoms with Gasteiger partial charge in [-0.05, 0) is 43.5 Å². The van der Waals surface area contributed by atoms with Crippen LogP contribution in [-0.4, -0.2) is 34.4 Å². The second kappa shape index (κ2) is 8.10. The average molecular weight is 407 g/mol. The molecule has 2 aromatic rings. The van der Waals surface area contributed by atoms with Crippen molar-refractivity contribution in [2.75, 3.05) is 18.4 Å². The maximum atomic E-state index is 12.9. The van der Waals surface area contributed by atoms with Gasteiger partial charge in [-0.15, -0.1) is 0 Å². The highest BCUT2D eigenvalue weighted by Crippen LogP contribution is 2.29. The molecule has 0 spiro atoms. The van der Waals surface area contributed by atoms with Gasteiger partial charge in [-0.1, -0.05) is 6.07 Å². The minimum Gasteiger partial charge on any atom is -0.339 e. The number of likely N-dealkylation sites (tertiary alicyclic amines) is 1. The third-order valence-electron chi connectivity index (χ3n) is 4.77. The van der Waals surface area contributed by atoms with Gasteiger partial charge in [0.1, 0.15) is 5.69 Å². The van der Waals surface area contributed by atoms with Crippen molar-refractivity contribution < 1.29 is 22.8 Å². The van der Waals surface area contributed by atoms with Gasteiger partial charge in [-0.2, -0.15) is 13.2 Å². The lowest BCUT2D eigenvalue weighted by atomic mass is 10.1. The molecule has 0 aliphatic carbocycles. The largest absolute Gasteiger partial charge is 0.416 e. The van der Waals surface area contributed by atoms with Gasteiger partial charge in [0.2, 0.25) is 0 Å². The first-order valence-corrected chi connectivity index (χ1v) is 9.15. The lowest BCUT2D eigenvalue weighted by Crippen LogP contribution is -2.36. The Bertz CT molecular complexity index is 992. The molecule has 1 fully saturated rings. The lowest BCUT2D eigenvalue weighted by Gasteiger charge is -2.27. The number of piperidine rings is 1. The van der Waals surface area contributed by atoms with E-state index in [-0.39, 0.29) is 22.7 Å². The molecule has 0 radical (unpaired) electrons. The number of anilines is 1. The summed E-state index contributed by atoms with van der Waals surface area (Å²) in [5, 5.41) is 2.33. The monoisotopic (exact) mass is 407 g/mol. The molecular weight excluding hydrogens is 387 g/mol. The van der Waals surface area contributed by atoms with E-state index in [0.29, 0.717) is 19.2 Å². The minimum atomic E-state index is -4.59. The van der Waals surface area contributed by atoms with E-state index >= 15 is 0 Å². The van der Waals surface area contributed by atoms with Gasteiger partial charge >= 0.3 is 6.18 Å². The number of amides is 2. The summed E-state index contributed by atoms with van der Waals surface area (Å²) in [6.07, 6.45) is -0.352. The first kappa shape index (κ1) is 20.6. The standard InChI is InChI=1S/C20H20F3N3O3/c1-25-12-14(18(28)26-8-3-2-4-9-26)11-16(19(25)29)24-17(27)13-6-5-7-15(10-13)20(21,22)23/h5-7,10-12H,2-4,8-9H2,1H3,(H,24,27). The number of nitrogens with zero attached hydrogens (tertiary/aromatic N) is 2. The van der Waals surface area contributed by atoms with Crippen LogP contribution in [0.3, 0.4) is 0 Å². The number of hydrogen-bond acceptors (Lipinski definition) is 3. The molecule has 1 N–H and O–H groups in total. The summed E-state index contributed by atoms with van der Waals surface area (Å²) in [5.74, 6) is -1.12. The molecule has 1 aliphatic heterocycles. The van der Waals surface area contributed by atoms with Crippen LogP contribution in [0.4, 0.5) is 18.9 Å². The number of benzene rings is 1. The van der Waals surface area contributed by atoms with Crippen LogP contribution < -0.4 is 10.9 Å². The zero-order chi connectivity index (χ0) is 21.2. The predicted molar refractivity (Wildman–Crippen MR) is 101 cm³/mol. The van der Waals surface area contributed by atoms with Crippen LogP contribution in [-0.2, 0) is 13.2 Å². The molecule has 0 atom stereocenters. The highest BCUT2D eigenvalue weighted by atomic mass is 19.4. The first-order chi connectivity index (χ1) is 13.7. The van der Waals surface area contributed by atoms with E-state index < -0.39 is 23.2 Å². The summed E-state index contributed by atoms with van der Waals surface area (Å²) in [5.41, 5.74) is -1.71. The molecule has 1 saturated heterocycles. The Kier molecular flexibility index (Phi) is 5.76. The van der Waals surface area contributed by atoms with Crippen molar-refractivity contribution in [3.63, 3.8) is 0 Å². The average Bonchev–Trinajstić information content (AvgIpc) is 2.70. The van der Waals surface area contributed by atoms with E-state index in [0.717, 1.165) is 31.4 Å². The molecule has 0 saturated carbocycles. The number of rotatable bonds is 3. The van der Waals surface area contributed by atoms with E-state index in [4.69, 9.17) is 0 Å². The zero-order valence-corrected chi connectivity index (χ0v) is 15.8. The van der Waals surface area contributed by atoms with Gasteiger partial charge in [0.05, 0.1) is 11.1 Å². The van der Waals surface area contributed by atoms with E-state index in [2.05, 4.69) is 5.32 Å². The van der Waals surface area contributed by atoms with Crippen molar-refractivity contribution in [3.05, 3.63) is 63.6 Å². The van der Waals surface area contributed by atoms with Crippen LogP contribution in [0.1, 0.15) is 45.5 Å². The van der Waals surface area contributed by atoms with Gasteiger partial charge < -0.3 is 14.8 Å². The predicted octanol–water partition coefficient (Wildman–Crippen LogP) is 3.28. The number of halogens is 3. The van der Waals surface area contributed by atoms with Crippen LogP contribution in [0.15, 0.2) is 41.3 Å². The molecule has 29 heavy (non-hydrogen) atoms. The van der Waals surface area contributed by atoms with Gasteiger partial charge in [-0.3, -0.25) is 14.4 Å². The number of carbonyl (C=O) groups is 2. The SMILES string of the molecule is Cn1cc(C(=O)N2CCCCC2)cc(NC(=O)c2cccc(C(F)(F)F)c2)c1=O. The fraction of sp³-hybridized carbons (Fsp3) is 0.350. The molecule has 6 nitrogen and oxygen atoms in total. The van der Waals surface area contributed by atoms with Crippen molar-refractivity contribution in [3.8, 4) is 0 Å². The van der Waals surface area contributed by atoms with Crippen LogP contribution in [0.5, 0.6) is 0 Å². The van der Waals surface area contributed by atoms with E-state index in [9.17, 15) is 27.6 Å². The summed E-state index contributed by atoms with van der Waals surface area (Å²) in [4.78, 5) is 39.2. The summed E-state index contributed by atoms with van der Waals surface area (Å²) < 4.78 is 39.8. The Hall–Kier alpha value is -3.10. The smallest absolute Gasteiger partial charge is 0.339 e. The molecule has 154 valence electrons. The number of aromatic nitrogens is 1. The van der Waals surface area contributed by atoms with Crippen molar-refractivity contribution in [2.24, 2.45) is 7.05 Å². The number of nitrogens with one attached hydrogen (secondary N) is 1. The van der Waals surface area contributed by atoms with E-state index in [1.165, 1.54) is 29.9 Å². The lowest BCUT2D eigenvalue weighted by molar-refractivity contribution is -0.137. The maximum Gasteiger partial charge on any atom is 0.416 e. The number of aryl methyl sites for hydroxylation is 1. The van der Waals surface area contributed by atoms with Crippen molar-refractivity contribution in [1.82, 2.24) is 9.47 Å². The summed E-state index contributed by atoms with van der Waals surface area (Å²) in [6, 6.07) is 5.17. The van der Waals surface area contributed by atoms with Crippen LogP contribution in [0, 0.1) is 0 Å². The Morgan fingerprint density at radius 1 is 1.03 bits per heavy atom. The second-order valence-electron chi connectivity index (χ2n) is 6.94. The maximum absolute atomic E-state index is 12.9. The number of carbonyl (C=O) groups excluding carboxylic acids is 2. The Balaban J connectivity index is 1.87. The molecule has 0 bridgehead atoms. The molecule has 0 unspecified atom stereocenters. The molecule has 3 rings (SSSR count). The summed E-state index contributed by atoms with van der Waals surface area (Å²) in [7, 11) is 1.44. The van der Waals surface area contributed by atoms with Crippen LogP contribution in [0.25, 0.3) is 0 Å². The first-order valence-electron chi connectivity index (χ1n) is 9.15. The van der Waals surface area contributed by atoms with Crippen molar-refractivity contribution in [1.29, 1.82) is 0 Å². The van der Waals surface area contributed by atoms with Gasteiger partial charge in [0.25, 0.3) is 17.4 Å². The minimum absolute atomic E-state index is 0.169. The fourth-order valence-electron chi connectivity index (χ4n) is 3.23. The van der Waals surface area contributed by atoms with E-state index in [1.807, 2.05) is 0 Å². The Morgan fingerprint density at radius 2 is 1.72 bits per heavy atom. The quantitative estimate of drug-likeness (QED) is 0.849. The summed E-state index contributed by atoms with van der Waals surface area (Å²) in [6.45, 7) is 1.24.